The monoisotopic (exact) mass is 184 g/mol. The number of ether oxygens (including phenoxy) is 1. The fourth-order valence-corrected chi connectivity index (χ4v) is 1.03. The van der Waals surface area contributed by atoms with Crippen LogP contribution in [-0.2, 0) is 6.54 Å². The van der Waals surface area contributed by atoms with Crippen LogP contribution in [0.25, 0.3) is 0 Å². The molecule has 1 aromatic rings. The van der Waals surface area contributed by atoms with Gasteiger partial charge in [0.25, 0.3) is 5.56 Å². The van der Waals surface area contributed by atoms with Crippen molar-refractivity contribution < 1.29 is 4.74 Å². The molecule has 0 saturated carbocycles. The number of nitrogens with one attached hydrogen (secondary N) is 1. The number of nitrogens with zero attached hydrogens (tertiary/aromatic N) is 1. The highest BCUT2D eigenvalue weighted by atomic mass is 16.5. The Morgan fingerprint density at radius 1 is 1.46 bits per heavy atom. The fraction of sp³-hybridized carbons (Fsp3) is 0.500. The Labute approximate surface area is 75.0 Å². The van der Waals surface area contributed by atoms with Crippen molar-refractivity contribution >= 4 is 0 Å². The second-order valence-electron chi connectivity index (χ2n) is 2.45. The maximum Gasteiger partial charge on any atom is 0.331 e. The van der Waals surface area contributed by atoms with Crippen molar-refractivity contribution in [1.82, 2.24) is 9.55 Å². The fourth-order valence-electron chi connectivity index (χ4n) is 1.03. The van der Waals surface area contributed by atoms with Gasteiger partial charge in [0.15, 0.2) is 5.88 Å². The third-order valence-electron chi connectivity index (χ3n) is 1.61. The summed E-state index contributed by atoms with van der Waals surface area (Å²) < 4.78 is 6.10. The Hall–Kier alpha value is -1.52. The van der Waals surface area contributed by atoms with Gasteiger partial charge in [-0.25, -0.2) is 4.79 Å². The predicted octanol–water partition coefficient (Wildman–Crippen LogP) is -0.0448. The van der Waals surface area contributed by atoms with E-state index in [2.05, 4.69) is 4.98 Å². The van der Waals surface area contributed by atoms with E-state index in [1.807, 2.05) is 0 Å². The minimum absolute atomic E-state index is 0.224. The van der Waals surface area contributed by atoms with Crippen molar-refractivity contribution in [3.63, 3.8) is 0 Å². The minimum atomic E-state index is -0.432. The molecule has 0 unspecified atom stereocenters. The summed E-state index contributed by atoms with van der Waals surface area (Å²) in [4.78, 5) is 24.9. The Morgan fingerprint density at radius 2 is 2.15 bits per heavy atom. The van der Waals surface area contributed by atoms with E-state index in [9.17, 15) is 9.59 Å². The van der Waals surface area contributed by atoms with Crippen molar-refractivity contribution in [2.45, 2.75) is 20.4 Å². The van der Waals surface area contributed by atoms with E-state index in [0.717, 1.165) is 4.57 Å². The van der Waals surface area contributed by atoms with E-state index in [4.69, 9.17) is 4.74 Å². The number of rotatable bonds is 3. The molecule has 5 heteroatoms. The molecule has 72 valence electrons. The van der Waals surface area contributed by atoms with Gasteiger partial charge in [-0.2, -0.15) is 0 Å². The Bertz CT molecular complexity index is 360. The second kappa shape index (κ2) is 3.93. The Balaban J connectivity index is 3.21. The van der Waals surface area contributed by atoms with Crippen LogP contribution in [0.5, 0.6) is 5.88 Å². The van der Waals surface area contributed by atoms with Crippen LogP contribution in [0.3, 0.4) is 0 Å². The van der Waals surface area contributed by atoms with Gasteiger partial charge in [0, 0.05) is 6.54 Å². The molecule has 1 N–H and O–H groups in total. The average Bonchev–Trinajstić information content (AvgIpc) is 2.04. The molecular formula is C8H12N2O3. The zero-order chi connectivity index (χ0) is 9.84. The molecule has 0 atom stereocenters. The van der Waals surface area contributed by atoms with Crippen LogP contribution in [0.1, 0.15) is 13.8 Å². The van der Waals surface area contributed by atoms with Crippen molar-refractivity contribution in [2.24, 2.45) is 0 Å². The smallest absolute Gasteiger partial charge is 0.331 e. The SMILES string of the molecule is CCOc1cc(=O)n(CC)c(=O)[nH]1. The molecule has 0 bridgehead atoms. The molecule has 13 heavy (non-hydrogen) atoms. The first kappa shape index (κ1) is 9.57. The van der Waals surface area contributed by atoms with Crippen molar-refractivity contribution in [1.29, 1.82) is 0 Å². The molecule has 1 heterocycles. The van der Waals surface area contributed by atoms with Gasteiger partial charge in [-0.05, 0) is 13.8 Å². The molecule has 0 spiro atoms. The standard InChI is InChI=1S/C8H12N2O3/c1-3-10-7(11)5-6(13-4-2)9-8(10)12/h5H,3-4H2,1-2H3,(H,9,12). The lowest BCUT2D eigenvalue weighted by molar-refractivity contribution is 0.322. The molecule has 5 nitrogen and oxygen atoms in total. The van der Waals surface area contributed by atoms with Crippen molar-refractivity contribution in [2.75, 3.05) is 6.61 Å². The molecular weight excluding hydrogens is 172 g/mol. The molecule has 0 aliphatic carbocycles. The van der Waals surface area contributed by atoms with Gasteiger partial charge in [-0.3, -0.25) is 14.3 Å². The van der Waals surface area contributed by atoms with Gasteiger partial charge in [0.1, 0.15) is 0 Å². The Kier molecular flexibility index (Phi) is 2.89. The molecule has 0 aliphatic rings. The zero-order valence-electron chi connectivity index (χ0n) is 7.66. The third kappa shape index (κ3) is 1.99. The normalized spacial score (nSPS) is 10.0. The quantitative estimate of drug-likeness (QED) is 0.716. The van der Waals surface area contributed by atoms with Gasteiger partial charge in [-0.15, -0.1) is 0 Å². The summed E-state index contributed by atoms with van der Waals surface area (Å²) in [7, 11) is 0. The van der Waals surface area contributed by atoms with E-state index in [-0.39, 0.29) is 11.4 Å². The predicted molar refractivity (Wildman–Crippen MR) is 48.2 cm³/mol. The van der Waals surface area contributed by atoms with Crippen LogP contribution in [0.15, 0.2) is 15.7 Å². The van der Waals surface area contributed by atoms with E-state index in [0.29, 0.717) is 13.2 Å². The highest BCUT2D eigenvalue weighted by molar-refractivity contribution is 5.05. The topological polar surface area (TPSA) is 64.1 Å². The minimum Gasteiger partial charge on any atom is -0.479 e. The summed E-state index contributed by atoms with van der Waals surface area (Å²) in [6.45, 7) is 4.30. The number of aromatic nitrogens is 2. The molecule has 0 fully saturated rings. The van der Waals surface area contributed by atoms with Gasteiger partial charge in [-0.1, -0.05) is 0 Å². The number of aromatic amines is 1. The van der Waals surface area contributed by atoms with Gasteiger partial charge in [0.2, 0.25) is 0 Å². The Morgan fingerprint density at radius 3 is 2.62 bits per heavy atom. The maximum absolute atomic E-state index is 11.2. The first-order chi connectivity index (χ1) is 6.19. The maximum atomic E-state index is 11.2. The molecule has 1 rings (SSSR count). The second-order valence-corrected chi connectivity index (χ2v) is 2.45. The van der Waals surface area contributed by atoms with Crippen LogP contribution in [0.2, 0.25) is 0 Å². The number of hydrogen-bond donors (Lipinski definition) is 1. The van der Waals surface area contributed by atoms with E-state index in [1.54, 1.807) is 13.8 Å². The number of H-pyrrole nitrogens is 1. The highest BCUT2D eigenvalue weighted by Crippen LogP contribution is 1.96. The van der Waals surface area contributed by atoms with E-state index >= 15 is 0 Å². The summed E-state index contributed by atoms with van der Waals surface area (Å²) in [6.07, 6.45) is 0. The largest absolute Gasteiger partial charge is 0.479 e. The molecule has 0 amide bonds. The van der Waals surface area contributed by atoms with Gasteiger partial charge >= 0.3 is 5.69 Å². The molecule has 0 saturated heterocycles. The van der Waals surface area contributed by atoms with Gasteiger partial charge < -0.3 is 4.74 Å². The molecule has 0 aromatic carbocycles. The van der Waals surface area contributed by atoms with Gasteiger partial charge in [0.05, 0.1) is 12.7 Å². The summed E-state index contributed by atoms with van der Waals surface area (Å²) >= 11 is 0. The van der Waals surface area contributed by atoms with Crippen LogP contribution >= 0.6 is 0 Å². The summed E-state index contributed by atoms with van der Waals surface area (Å²) in [6, 6.07) is 1.27. The van der Waals surface area contributed by atoms with Crippen LogP contribution in [0, 0.1) is 0 Å². The lowest BCUT2D eigenvalue weighted by atomic mass is 10.5. The summed E-state index contributed by atoms with van der Waals surface area (Å²) in [5.74, 6) is 0.224. The van der Waals surface area contributed by atoms with Crippen molar-refractivity contribution in [3.05, 3.63) is 26.9 Å². The van der Waals surface area contributed by atoms with E-state index in [1.165, 1.54) is 6.07 Å². The van der Waals surface area contributed by atoms with Crippen molar-refractivity contribution in [3.8, 4) is 5.88 Å². The first-order valence-corrected chi connectivity index (χ1v) is 4.16. The molecule has 0 radical (unpaired) electrons. The van der Waals surface area contributed by atoms with Crippen LogP contribution < -0.4 is 16.0 Å². The highest BCUT2D eigenvalue weighted by Gasteiger charge is 2.01. The average molecular weight is 184 g/mol. The van der Waals surface area contributed by atoms with E-state index < -0.39 is 5.69 Å². The first-order valence-electron chi connectivity index (χ1n) is 4.16. The third-order valence-corrected chi connectivity index (χ3v) is 1.61. The lowest BCUT2D eigenvalue weighted by Crippen LogP contribution is -2.33. The summed E-state index contributed by atoms with van der Waals surface area (Å²) in [5, 5.41) is 0. The number of hydrogen-bond acceptors (Lipinski definition) is 3. The zero-order valence-corrected chi connectivity index (χ0v) is 7.66. The summed E-state index contributed by atoms with van der Waals surface area (Å²) in [5.41, 5.74) is -0.770. The molecule has 0 aliphatic heterocycles. The lowest BCUT2D eigenvalue weighted by Gasteiger charge is -2.03. The van der Waals surface area contributed by atoms with Crippen LogP contribution in [0.4, 0.5) is 0 Å². The molecule has 1 aromatic heterocycles. The van der Waals surface area contributed by atoms with Crippen LogP contribution in [-0.4, -0.2) is 16.2 Å².